The molecule has 0 bridgehead atoms. The van der Waals surface area contributed by atoms with Crippen LogP contribution in [0, 0.1) is 5.92 Å². The Labute approximate surface area is 185 Å². The van der Waals surface area contributed by atoms with Gasteiger partial charge in [-0.05, 0) is 37.1 Å². The summed E-state index contributed by atoms with van der Waals surface area (Å²) in [4.78, 5) is 35.6. The van der Waals surface area contributed by atoms with Crippen molar-refractivity contribution < 1.29 is 14.3 Å². The molecule has 2 amide bonds. The number of carbonyl (C=O) groups excluding carboxylic acids is 2. The lowest BCUT2D eigenvalue weighted by atomic mass is 9.97. The van der Waals surface area contributed by atoms with Gasteiger partial charge in [0.15, 0.2) is 0 Å². The van der Waals surface area contributed by atoms with E-state index in [1.165, 1.54) is 4.68 Å². The zero-order valence-electron chi connectivity index (χ0n) is 17.8. The van der Waals surface area contributed by atoms with E-state index in [-0.39, 0.29) is 24.3 Å². The number of piperidine rings is 1. The second-order valence-corrected chi connectivity index (χ2v) is 7.54. The van der Waals surface area contributed by atoms with Crippen molar-refractivity contribution in [3.63, 3.8) is 0 Å². The first-order valence-corrected chi connectivity index (χ1v) is 10.4. The summed E-state index contributed by atoms with van der Waals surface area (Å²) in [6, 6.07) is 7.07. The second kappa shape index (κ2) is 9.90. The number of hydrogen-bond donors (Lipinski definition) is 2. The normalized spacial score (nSPS) is 15.8. The number of aromatic nitrogens is 4. The molecule has 0 spiro atoms. The summed E-state index contributed by atoms with van der Waals surface area (Å²) in [6.07, 6.45) is 9.89. The number of nitrogens with one attached hydrogen (secondary N) is 2. The molecule has 1 aliphatic heterocycles. The first kappa shape index (κ1) is 21.3. The molecule has 32 heavy (non-hydrogen) atoms. The van der Waals surface area contributed by atoms with Gasteiger partial charge in [-0.25, -0.2) is 4.98 Å². The van der Waals surface area contributed by atoms with Gasteiger partial charge in [0.1, 0.15) is 18.1 Å². The minimum absolute atomic E-state index is 0.0335. The topological polar surface area (TPSA) is 114 Å². The molecule has 0 aliphatic carbocycles. The molecule has 1 fully saturated rings. The number of rotatable bonds is 7. The van der Waals surface area contributed by atoms with E-state index in [1.54, 1.807) is 62.4 Å². The van der Waals surface area contributed by atoms with Gasteiger partial charge < -0.3 is 20.3 Å². The molecular weight excluding hydrogens is 410 g/mol. The maximum Gasteiger partial charge on any atom is 0.246 e. The van der Waals surface area contributed by atoms with Gasteiger partial charge in [-0.2, -0.15) is 5.10 Å². The van der Waals surface area contributed by atoms with Gasteiger partial charge in [0.05, 0.1) is 31.1 Å². The highest BCUT2D eigenvalue weighted by molar-refractivity contribution is 5.93. The molecule has 2 aromatic heterocycles. The van der Waals surface area contributed by atoms with Gasteiger partial charge in [0.2, 0.25) is 11.8 Å². The minimum Gasteiger partial charge on any atom is -0.497 e. The summed E-state index contributed by atoms with van der Waals surface area (Å²) in [7, 11) is 1.59. The molecule has 1 aliphatic rings. The molecule has 1 saturated heterocycles. The van der Waals surface area contributed by atoms with Crippen LogP contribution in [0.5, 0.6) is 5.75 Å². The van der Waals surface area contributed by atoms with Crippen molar-refractivity contribution in [1.82, 2.24) is 19.7 Å². The minimum atomic E-state index is -0.219. The van der Waals surface area contributed by atoms with Crippen LogP contribution in [0.3, 0.4) is 0 Å². The van der Waals surface area contributed by atoms with E-state index < -0.39 is 0 Å². The van der Waals surface area contributed by atoms with Crippen molar-refractivity contribution in [2.75, 3.05) is 35.7 Å². The highest BCUT2D eigenvalue weighted by Gasteiger charge is 2.27. The maximum atomic E-state index is 12.8. The van der Waals surface area contributed by atoms with Crippen molar-refractivity contribution in [3.8, 4) is 5.75 Å². The lowest BCUT2D eigenvalue weighted by Gasteiger charge is -2.32. The molecule has 3 heterocycles. The Morgan fingerprint density at radius 1 is 1.12 bits per heavy atom. The first-order chi connectivity index (χ1) is 15.6. The lowest BCUT2D eigenvalue weighted by Crippen LogP contribution is -2.41. The predicted octanol–water partition coefficient (Wildman–Crippen LogP) is 2.18. The number of benzene rings is 1. The summed E-state index contributed by atoms with van der Waals surface area (Å²) in [5.41, 5.74) is 1.23. The number of anilines is 3. The van der Waals surface area contributed by atoms with Crippen molar-refractivity contribution in [3.05, 3.63) is 55.2 Å². The van der Waals surface area contributed by atoms with Crippen LogP contribution in [-0.2, 0) is 16.1 Å². The van der Waals surface area contributed by atoms with E-state index in [2.05, 4.69) is 30.6 Å². The van der Waals surface area contributed by atoms with Gasteiger partial charge in [0, 0.05) is 37.4 Å². The number of ether oxygens (including phenoxy) is 1. The molecule has 10 heteroatoms. The number of nitrogens with zero attached hydrogens (tertiary/aromatic N) is 5. The third kappa shape index (κ3) is 5.39. The van der Waals surface area contributed by atoms with Crippen LogP contribution in [0.15, 0.2) is 55.2 Å². The fraction of sp³-hybridized carbons (Fsp3) is 0.318. The molecule has 3 aromatic rings. The lowest BCUT2D eigenvalue weighted by molar-refractivity contribution is -0.120. The van der Waals surface area contributed by atoms with Gasteiger partial charge in [-0.1, -0.05) is 0 Å². The largest absolute Gasteiger partial charge is 0.497 e. The maximum absolute atomic E-state index is 12.8. The van der Waals surface area contributed by atoms with Crippen molar-refractivity contribution >= 4 is 29.0 Å². The first-order valence-electron chi connectivity index (χ1n) is 10.4. The van der Waals surface area contributed by atoms with E-state index in [0.29, 0.717) is 23.7 Å². The Hall–Kier alpha value is -3.95. The van der Waals surface area contributed by atoms with Crippen molar-refractivity contribution in [2.24, 2.45) is 5.92 Å². The summed E-state index contributed by atoms with van der Waals surface area (Å²) in [5.74, 6) is 1.05. The number of methoxy groups -OCH3 is 1. The molecule has 0 radical (unpaired) electrons. The molecule has 4 rings (SSSR count). The van der Waals surface area contributed by atoms with Crippen LogP contribution in [0.25, 0.3) is 0 Å². The Morgan fingerprint density at radius 3 is 2.72 bits per heavy atom. The van der Waals surface area contributed by atoms with E-state index in [1.807, 2.05) is 0 Å². The molecular formula is C22H25N7O3. The molecule has 2 N–H and O–H groups in total. The van der Waals surface area contributed by atoms with Gasteiger partial charge in [-0.15, -0.1) is 0 Å². The van der Waals surface area contributed by atoms with E-state index in [9.17, 15) is 9.59 Å². The number of carbonyl (C=O) groups is 2. The van der Waals surface area contributed by atoms with E-state index >= 15 is 0 Å². The monoisotopic (exact) mass is 435 g/mol. The Bertz CT molecular complexity index is 1050. The summed E-state index contributed by atoms with van der Waals surface area (Å²) in [5, 5.41) is 9.89. The van der Waals surface area contributed by atoms with Gasteiger partial charge in [-0.3, -0.25) is 19.3 Å². The molecule has 1 aromatic carbocycles. The molecule has 1 unspecified atom stereocenters. The summed E-state index contributed by atoms with van der Waals surface area (Å²) in [6.45, 7) is 1.47. The number of hydrogen-bond acceptors (Lipinski definition) is 7. The van der Waals surface area contributed by atoms with Crippen LogP contribution in [-0.4, -0.2) is 51.8 Å². The predicted molar refractivity (Wildman–Crippen MR) is 119 cm³/mol. The molecule has 1 atom stereocenters. The molecule has 0 saturated carbocycles. The number of amides is 2. The van der Waals surface area contributed by atoms with Crippen molar-refractivity contribution in [1.29, 1.82) is 0 Å². The van der Waals surface area contributed by atoms with Gasteiger partial charge in [0.25, 0.3) is 0 Å². The van der Waals surface area contributed by atoms with Crippen LogP contribution in [0.1, 0.15) is 12.8 Å². The Balaban J connectivity index is 1.29. The zero-order valence-corrected chi connectivity index (χ0v) is 17.8. The summed E-state index contributed by atoms with van der Waals surface area (Å²) < 4.78 is 6.59. The van der Waals surface area contributed by atoms with Crippen LogP contribution < -0.4 is 20.3 Å². The second-order valence-electron chi connectivity index (χ2n) is 7.54. The average Bonchev–Trinajstić information content (AvgIpc) is 3.26. The van der Waals surface area contributed by atoms with Crippen molar-refractivity contribution in [2.45, 2.75) is 19.4 Å². The highest BCUT2D eigenvalue weighted by Crippen LogP contribution is 2.22. The smallest absolute Gasteiger partial charge is 0.246 e. The van der Waals surface area contributed by atoms with Crippen LogP contribution in [0.4, 0.5) is 17.2 Å². The third-order valence-corrected chi connectivity index (χ3v) is 5.25. The van der Waals surface area contributed by atoms with Crippen LogP contribution >= 0.6 is 0 Å². The van der Waals surface area contributed by atoms with E-state index in [4.69, 9.17) is 4.74 Å². The molecule has 166 valence electrons. The SMILES string of the molecule is COc1ccc(NC(=O)Cn2cc(NC(=O)C3CCCN(c4cnccn4)C3)cn2)cc1. The zero-order chi connectivity index (χ0) is 22.3. The highest BCUT2D eigenvalue weighted by atomic mass is 16.5. The summed E-state index contributed by atoms with van der Waals surface area (Å²) >= 11 is 0. The standard InChI is InChI=1S/C22H25N7O3/c1-32-19-6-4-17(5-7-19)26-21(30)15-29-14-18(11-25-29)27-22(31)16-3-2-10-28(13-16)20-12-23-8-9-24-20/h4-9,11-12,14,16H,2-3,10,13,15H2,1H3,(H,26,30)(H,27,31). The fourth-order valence-corrected chi connectivity index (χ4v) is 3.63. The van der Waals surface area contributed by atoms with Crippen LogP contribution in [0.2, 0.25) is 0 Å². The Kier molecular flexibility index (Phi) is 6.59. The fourth-order valence-electron chi connectivity index (χ4n) is 3.63. The average molecular weight is 435 g/mol. The Morgan fingerprint density at radius 2 is 1.97 bits per heavy atom. The molecule has 10 nitrogen and oxygen atoms in total. The van der Waals surface area contributed by atoms with Gasteiger partial charge >= 0.3 is 0 Å². The quantitative estimate of drug-likeness (QED) is 0.585. The third-order valence-electron chi connectivity index (χ3n) is 5.25. The van der Waals surface area contributed by atoms with E-state index in [0.717, 1.165) is 25.2 Å².